The second kappa shape index (κ2) is 11.5. The van der Waals surface area contributed by atoms with E-state index in [0.29, 0.717) is 54.4 Å². The summed E-state index contributed by atoms with van der Waals surface area (Å²) in [6.45, 7) is 31.4. The summed E-state index contributed by atoms with van der Waals surface area (Å²) in [5.74, 6) is 0.770. The van der Waals surface area contributed by atoms with Crippen molar-refractivity contribution in [1.29, 1.82) is 0 Å². The molecule has 2 aliphatic rings. The summed E-state index contributed by atoms with van der Waals surface area (Å²) in [6, 6.07) is 17.1. The van der Waals surface area contributed by atoms with Crippen LogP contribution in [0.5, 0.6) is 0 Å². The minimum atomic E-state index is -0.280. The Balaban J connectivity index is 2.09. The van der Waals surface area contributed by atoms with Gasteiger partial charge in [-0.3, -0.25) is 14.7 Å². The first-order valence-corrected chi connectivity index (χ1v) is 16.0. The van der Waals surface area contributed by atoms with Gasteiger partial charge in [0.1, 0.15) is 0 Å². The van der Waals surface area contributed by atoms with Crippen LogP contribution in [0.15, 0.2) is 30.3 Å². The minimum Gasteiger partial charge on any atom is -0.295 e. The quantitative estimate of drug-likeness (QED) is 0.297. The lowest BCUT2D eigenvalue weighted by molar-refractivity contribution is 0.108. The maximum absolute atomic E-state index is 2.86. The monoisotopic (exact) mass is 501 g/mol. The lowest BCUT2D eigenvalue weighted by Gasteiger charge is -2.35. The van der Waals surface area contributed by atoms with Crippen LogP contribution in [-0.2, 0) is 0 Å². The molecule has 1 aromatic rings. The average Bonchev–Trinajstić information content (AvgIpc) is 3.59. The highest BCUT2D eigenvalue weighted by Gasteiger charge is 2.67. The van der Waals surface area contributed by atoms with E-state index in [9.17, 15) is 0 Å². The normalized spacial score (nSPS) is 29.8. The van der Waals surface area contributed by atoms with Gasteiger partial charge in [0.2, 0.25) is 0 Å². The molecular formula is C31H56N3P. The molecule has 1 aromatic carbocycles. The highest BCUT2D eigenvalue weighted by Crippen LogP contribution is 2.68. The van der Waals surface area contributed by atoms with Crippen molar-refractivity contribution in [2.75, 3.05) is 0 Å². The number of rotatable bonds is 12. The minimum absolute atomic E-state index is 0.280. The van der Waals surface area contributed by atoms with E-state index in [4.69, 9.17) is 0 Å². The van der Waals surface area contributed by atoms with Gasteiger partial charge in [0.05, 0.1) is 0 Å². The van der Waals surface area contributed by atoms with E-state index >= 15 is 0 Å². The molecule has 0 radical (unpaired) electrons. The van der Waals surface area contributed by atoms with Crippen molar-refractivity contribution in [1.82, 2.24) is 14.7 Å². The topological polar surface area (TPSA) is 9.72 Å². The van der Waals surface area contributed by atoms with Crippen molar-refractivity contribution in [3.8, 4) is 0 Å². The van der Waals surface area contributed by atoms with Crippen LogP contribution in [0.3, 0.4) is 0 Å². The van der Waals surface area contributed by atoms with E-state index in [1.165, 1.54) is 0 Å². The Hall–Kier alpha value is -0.470. The van der Waals surface area contributed by atoms with Gasteiger partial charge < -0.3 is 0 Å². The third-order valence-corrected chi connectivity index (χ3v) is 12.1. The Morgan fingerprint density at radius 3 is 1.20 bits per heavy atom. The molecule has 4 heteroatoms. The summed E-state index contributed by atoms with van der Waals surface area (Å²) in [5, 5.41) is 1.63. The first-order chi connectivity index (χ1) is 16.3. The third-order valence-electron chi connectivity index (χ3n) is 8.50. The fourth-order valence-electron chi connectivity index (χ4n) is 7.58. The number of hydrogen-bond donors (Lipinski definition) is 0. The van der Waals surface area contributed by atoms with Crippen LogP contribution in [0, 0.1) is 5.92 Å². The zero-order chi connectivity index (χ0) is 26.4. The van der Waals surface area contributed by atoms with Crippen LogP contribution < -0.4 is 5.30 Å². The van der Waals surface area contributed by atoms with Crippen molar-refractivity contribution >= 4 is 13.2 Å². The summed E-state index contributed by atoms with van der Waals surface area (Å²) in [6.07, 6.45) is 0. The van der Waals surface area contributed by atoms with E-state index < -0.39 is 0 Å². The van der Waals surface area contributed by atoms with Crippen LogP contribution in [0.2, 0.25) is 0 Å². The van der Waals surface area contributed by atoms with Gasteiger partial charge in [-0.2, -0.15) is 0 Å². The molecule has 0 bridgehead atoms. The van der Waals surface area contributed by atoms with Gasteiger partial charge in [0, 0.05) is 65.7 Å². The van der Waals surface area contributed by atoms with Crippen molar-refractivity contribution in [3.63, 3.8) is 0 Å². The predicted octanol–water partition coefficient (Wildman–Crippen LogP) is 6.66. The number of benzene rings is 1. The van der Waals surface area contributed by atoms with E-state index in [1.807, 2.05) is 0 Å². The van der Waals surface area contributed by atoms with Gasteiger partial charge in [0.25, 0.3) is 0 Å². The molecule has 0 saturated heterocycles. The number of nitrogens with zero attached hydrogens (tertiary/aromatic N) is 3. The molecule has 200 valence electrons. The first kappa shape index (κ1) is 29.1. The molecule has 0 aromatic heterocycles. The van der Waals surface area contributed by atoms with Crippen molar-refractivity contribution < 1.29 is 0 Å². The standard InChI is InChI=1S/C31H56N3P/c1-19(2)32(20(3)4)27-25(13)30(27)35(26-17-15-14-16-18-26)31-28(33(21(5)6)22(7)8)29(31)34(23(9)10)24(11)12/h14-25,27-31H,1-13H3/t25?,27?,28?,29?,30?,31?,35-/m0/s1. The highest BCUT2D eigenvalue weighted by molar-refractivity contribution is 7.68. The van der Waals surface area contributed by atoms with Crippen molar-refractivity contribution in [2.24, 2.45) is 5.92 Å². The maximum atomic E-state index is 2.86. The Morgan fingerprint density at radius 1 is 0.514 bits per heavy atom. The van der Waals surface area contributed by atoms with E-state index in [-0.39, 0.29) is 7.92 Å². The van der Waals surface area contributed by atoms with Gasteiger partial charge in [-0.1, -0.05) is 45.2 Å². The summed E-state index contributed by atoms with van der Waals surface area (Å²) < 4.78 is 0. The van der Waals surface area contributed by atoms with Crippen LogP contribution in [0.4, 0.5) is 0 Å². The molecule has 5 unspecified atom stereocenters. The Kier molecular flexibility index (Phi) is 9.56. The fourth-order valence-corrected chi connectivity index (χ4v) is 11.7. The molecule has 0 aliphatic heterocycles. The molecule has 0 amide bonds. The van der Waals surface area contributed by atoms with Gasteiger partial charge in [-0.15, -0.1) is 0 Å². The van der Waals surface area contributed by atoms with E-state index in [0.717, 1.165) is 17.2 Å². The molecule has 35 heavy (non-hydrogen) atoms. The molecule has 2 saturated carbocycles. The molecule has 3 nitrogen and oxygen atoms in total. The largest absolute Gasteiger partial charge is 0.295 e. The Morgan fingerprint density at radius 2 is 0.857 bits per heavy atom. The summed E-state index contributed by atoms with van der Waals surface area (Å²) in [4.78, 5) is 8.54. The zero-order valence-electron chi connectivity index (χ0n) is 25.1. The van der Waals surface area contributed by atoms with Gasteiger partial charge in [-0.25, -0.2) is 0 Å². The predicted molar refractivity (Wildman–Crippen MR) is 157 cm³/mol. The smallest absolute Gasteiger partial charge is 0.0350 e. The lowest BCUT2D eigenvalue weighted by Crippen LogP contribution is -2.46. The van der Waals surface area contributed by atoms with Gasteiger partial charge in [0.15, 0.2) is 0 Å². The van der Waals surface area contributed by atoms with Gasteiger partial charge in [-0.05, 0) is 94.3 Å². The van der Waals surface area contributed by atoms with Crippen molar-refractivity contribution in [2.45, 2.75) is 156 Å². The molecule has 0 N–H and O–H groups in total. The second-order valence-electron chi connectivity index (χ2n) is 13.0. The molecule has 0 heterocycles. The average molecular weight is 502 g/mol. The van der Waals surface area contributed by atoms with E-state index in [1.54, 1.807) is 5.30 Å². The zero-order valence-corrected chi connectivity index (χ0v) is 26.0. The molecule has 6 atom stereocenters. The second-order valence-corrected chi connectivity index (χ2v) is 15.5. The third kappa shape index (κ3) is 5.84. The van der Waals surface area contributed by atoms with Crippen LogP contribution in [-0.4, -0.2) is 80.4 Å². The molecule has 0 spiro atoms. The number of hydrogen-bond acceptors (Lipinski definition) is 3. The molecule has 2 aliphatic carbocycles. The first-order valence-electron chi connectivity index (χ1n) is 14.5. The van der Waals surface area contributed by atoms with Crippen LogP contribution in [0.1, 0.15) is 90.0 Å². The van der Waals surface area contributed by atoms with Crippen LogP contribution >= 0.6 is 7.92 Å². The SMILES string of the molecule is CC1C(N(C(C)C)C(C)C)C1[P@](c1ccccc1)C1C(N(C(C)C)C(C)C)C1N(C(C)C)C(C)C. The summed E-state index contributed by atoms with van der Waals surface area (Å²) in [7, 11) is -0.280. The van der Waals surface area contributed by atoms with Crippen LogP contribution in [0.25, 0.3) is 0 Å². The van der Waals surface area contributed by atoms with Crippen molar-refractivity contribution in [3.05, 3.63) is 30.3 Å². The highest BCUT2D eigenvalue weighted by atomic mass is 31.1. The van der Waals surface area contributed by atoms with Gasteiger partial charge >= 0.3 is 0 Å². The molecule has 3 rings (SSSR count). The van der Waals surface area contributed by atoms with E-state index in [2.05, 4.69) is 135 Å². The maximum Gasteiger partial charge on any atom is 0.0350 e. The Bertz CT molecular complexity index is 740. The molecule has 2 fully saturated rings. The fraction of sp³-hybridized carbons (Fsp3) is 0.806. The molecular weight excluding hydrogens is 445 g/mol. The lowest BCUT2D eigenvalue weighted by atomic mass is 10.2. The summed E-state index contributed by atoms with van der Waals surface area (Å²) in [5.41, 5.74) is 1.53. The Labute approximate surface area is 219 Å². The summed E-state index contributed by atoms with van der Waals surface area (Å²) >= 11 is 0.